The third-order valence-corrected chi connectivity index (χ3v) is 5.54. The van der Waals surface area contributed by atoms with Crippen LogP contribution < -0.4 is 5.32 Å². The molecule has 2 saturated heterocycles. The number of rotatable bonds is 5. The van der Waals surface area contributed by atoms with Gasteiger partial charge >= 0.3 is 12.1 Å². The van der Waals surface area contributed by atoms with E-state index in [0.717, 1.165) is 5.56 Å². The summed E-state index contributed by atoms with van der Waals surface area (Å²) in [6, 6.07) is 8.87. The average Bonchev–Trinajstić information content (AvgIpc) is 3.18. The Balaban J connectivity index is 1.82. The van der Waals surface area contributed by atoms with E-state index in [4.69, 9.17) is 9.47 Å². The highest BCUT2D eigenvalue weighted by atomic mass is 16.6. The number of carbonyl (C=O) groups is 4. The van der Waals surface area contributed by atoms with Crippen molar-refractivity contribution in [3.8, 4) is 0 Å². The van der Waals surface area contributed by atoms with E-state index in [-0.39, 0.29) is 24.9 Å². The molecule has 0 aromatic heterocycles. The Labute approximate surface area is 181 Å². The van der Waals surface area contributed by atoms with Gasteiger partial charge in [-0.1, -0.05) is 30.3 Å². The van der Waals surface area contributed by atoms with Crippen molar-refractivity contribution in [1.82, 2.24) is 15.1 Å². The maximum atomic E-state index is 13.3. The van der Waals surface area contributed by atoms with Crippen LogP contribution in [0, 0.1) is 0 Å². The summed E-state index contributed by atoms with van der Waals surface area (Å²) in [6.45, 7) is 5.14. The van der Waals surface area contributed by atoms with Gasteiger partial charge in [0.05, 0.1) is 13.2 Å². The van der Waals surface area contributed by atoms with E-state index in [0.29, 0.717) is 19.4 Å². The molecule has 0 unspecified atom stereocenters. The Bertz CT molecular complexity index is 866. The van der Waals surface area contributed by atoms with Gasteiger partial charge in [0, 0.05) is 6.54 Å². The predicted molar refractivity (Wildman–Crippen MR) is 111 cm³/mol. The quantitative estimate of drug-likeness (QED) is 0.561. The summed E-state index contributed by atoms with van der Waals surface area (Å²) in [5.41, 5.74) is -0.910. The minimum Gasteiger partial charge on any atom is -0.468 e. The van der Waals surface area contributed by atoms with E-state index in [2.05, 4.69) is 5.32 Å². The fourth-order valence-electron chi connectivity index (χ4n) is 4.38. The predicted octanol–water partition coefficient (Wildman–Crippen LogP) is 1.63. The third-order valence-electron chi connectivity index (χ3n) is 5.54. The van der Waals surface area contributed by atoms with Crippen LogP contribution in [-0.4, -0.2) is 71.6 Å². The first-order valence-electron chi connectivity index (χ1n) is 10.3. The number of likely N-dealkylation sites (tertiary alicyclic amines) is 2. The average molecular weight is 431 g/mol. The summed E-state index contributed by atoms with van der Waals surface area (Å²) >= 11 is 0. The molecule has 2 aliphatic rings. The van der Waals surface area contributed by atoms with Crippen molar-refractivity contribution < 1.29 is 28.7 Å². The third kappa shape index (κ3) is 4.35. The second-order valence-corrected chi connectivity index (χ2v) is 8.75. The molecule has 3 amide bonds. The number of hydrogen-bond donors (Lipinski definition) is 1. The van der Waals surface area contributed by atoms with Crippen LogP contribution in [0.25, 0.3) is 0 Å². The molecule has 1 aromatic carbocycles. The van der Waals surface area contributed by atoms with E-state index in [1.807, 2.05) is 30.3 Å². The van der Waals surface area contributed by atoms with Gasteiger partial charge in [-0.15, -0.1) is 0 Å². The lowest BCUT2D eigenvalue weighted by atomic mass is 9.73. The largest absolute Gasteiger partial charge is 0.468 e. The van der Waals surface area contributed by atoms with Crippen LogP contribution in [-0.2, 0) is 23.9 Å². The fraction of sp³-hybridized carbons (Fsp3) is 0.545. The Morgan fingerprint density at radius 1 is 1.19 bits per heavy atom. The van der Waals surface area contributed by atoms with Crippen LogP contribution in [0.15, 0.2) is 30.3 Å². The number of benzene rings is 1. The van der Waals surface area contributed by atoms with Crippen LogP contribution in [0.4, 0.5) is 4.79 Å². The van der Waals surface area contributed by atoms with E-state index in [1.54, 1.807) is 20.8 Å². The molecule has 2 heterocycles. The fourth-order valence-corrected chi connectivity index (χ4v) is 4.38. The summed E-state index contributed by atoms with van der Waals surface area (Å²) in [7, 11) is 1.27. The normalized spacial score (nSPS) is 22.8. The number of methoxy groups -OCH3 is 1. The van der Waals surface area contributed by atoms with Crippen molar-refractivity contribution in [2.75, 3.05) is 26.7 Å². The first kappa shape index (κ1) is 22.6. The maximum absolute atomic E-state index is 13.3. The standard InChI is InChI=1S/C22H29N3O6/c1-21(2,3)31-20(29)23-13-16(26)25-12-8-11-22(25)18(15-9-6-5-7-10-15)24(19(22)28)14-17(27)30-4/h5-7,9-10,18H,8,11-14H2,1-4H3,(H,23,29)/t18-,22+/m1/s1. The molecule has 9 nitrogen and oxygen atoms in total. The lowest BCUT2D eigenvalue weighted by Crippen LogP contribution is -2.75. The minimum absolute atomic E-state index is 0.186. The highest BCUT2D eigenvalue weighted by Crippen LogP contribution is 2.52. The van der Waals surface area contributed by atoms with E-state index in [9.17, 15) is 19.2 Å². The van der Waals surface area contributed by atoms with Crippen molar-refractivity contribution in [2.45, 2.75) is 50.8 Å². The molecule has 2 fully saturated rings. The topological polar surface area (TPSA) is 105 Å². The molecule has 3 rings (SSSR count). The lowest BCUT2D eigenvalue weighted by molar-refractivity contribution is -0.182. The highest BCUT2D eigenvalue weighted by Gasteiger charge is 2.67. The number of carbonyl (C=O) groups excluding carboxylic acids is 4. The van der Waals surface area contributed by atoms with Crippen LogP contribution in [0.2, 0.25) is 0 Å². The highest BCUT2D eigenvalue weighted by molar-refractivity contribution is 6.01. The Hall–Kier alpha value is -3.10. The summed E-state index contributed by atoms with van der Waals surface area (Å²) in [5.74, 6) is -1.17. The van der Waals surface area contributed by atoms with Gasteiger partial charge in [-0.05, 0) is 39.2 Å². The molecule has 0 radical (unpaired) electrons. The molecular formula is C22H29N3O6. The van der Waals surface area contributed by atoms with Crippen LogP contribution in [0.3, 0.4) is 0 Å². The summed E-state index contributed by atoms with van der Waals surface area (Å²) < 4.78 is 9.92. The van der Waals surface area contributed by atoms with Crippen LogP contribution in [0.5, 0.6) is 0 Å². The number of esters is 1. The van der Waals surface area contributed by atoms with Crippen LogP contribution >= 0.6 is 0 Å². The molecule has 31 heavy (non-hydrogen) atoms. The molecule has 0 bridgehead atoms. The molecule has 168 valence electrons. The monoisotopic (exact) mass is 431 g/mol. The number of β-lactam (4-membered cyclic amide) rings is 1. The summed E-state index contributed by atoms with van der Waals surface area (Å²) in [5, 5.41) is 2.47. The number of ether oxygens (including phenoxy) is 2. The second kappa shape index (κ2) is 8.56. The van der Waals surface area contributed by atoms with Crippen molar-refractivity contribution in [3.05, 3.63) is 35.9 Å². The van der Waals surface area contributed by atoms with Gasteiger partial charge in [0.1, 0.15) is 24.2 Å². The summed E-state index contributed by atoms with van der Waals surface area (Å²) in [4.78, 5) is 53.1. The zero-order valence-electron chi connectivity index (χ0n) is 18.3. The van der Waals surface area contributed by atoms with Gasteiger partial charge < -0.3 is 24.6 Å². The Morgan fingerprint density at radius 2 is 1.87 bits per heavy atom. The molecule has 2 aliphatic heterocycles. The van der Waals surface area contributed by atoms with E-state index < -0.39 is 29.2 Å². The molecule has 1 aromatic rings. The van der Waals surface area contributed by atoms with Gasteiger partial charge in [0.2, 0.25) is 5.91 Å². The van der Waals surface area contributed by atoms with Crippen molar-refractivity contribution in [1.29, 1.82) is 0 Å². The zero-order chi connectivity index (χ0) is 22.8. The molecular weight excluding hydrogens is 402 g/mol. The summed E-state index contributed by atoms with van der Waals surface area (Å²) in [6.07, 6.45) is 0.446. The molecule has 1 N–H and O–H groups in total. The second-order valence-electron chi connectivity index (χ2n) is 8.75. The number of nitrogens with one attached hydrogen (secondary N) is 1. The lowest BCUT2D eigenvalue weighted by Gasteiger charge is -2.57. The number of hydrogen-bond acceptors (Lipinski definition) is 6. The zero-order valence-corrected chi connectivity index (χ0v) is 18.3. The first-order chi connectivity index (χ1) is 14.6. The number of nitrogens with zero attached hydrogens (tertiary/aromatic N) is 2. The van der Waals surface area contributed by atoms with Crippen molar-refractivity contribution in [2.24, 2.45) is 0 Å². The van der Waals surface area contributed by atoms with Gasteiger partial charge in [0.25, 0.3) is 5.91 Å². The van der Waals surface area contributed by atoms with Gasteiger partial charge in [-0.25, -0.2) is 4.79 Å². The Kier molecular flexibility index (Phi) is 6.24. The van der Waals surface area contributed by atoms with E-state index in [1.165, 1.54) is 16.9 Å². The first-order valence-corrected chi connectivity index (χ1v) is 10.3. The molecule has 9 heteroatoms. The molecule has 0 aliphatic carbocycles. The van der Waals surface area contributed by atoms with Crippen molar-refractivity contribution in [3.63, 3.8) is 0 Å². The van der Waals surface area contributed by atoms with Gasteiger partial charge in [-0.3, -0.25) is 14.4 Å². The van der Waals surface area contributed by atoms with E-state index >= 15 is 0 Å². The minimum atomic E-state index is -1.07. The van der Waals surface area contributed by atoms with Crippen molar-refractivity contribution >= 4 is 23.9 Å². The van der Waals surface area contributed by atoms with Crippen LogP contribution in [0.1, 0.15) is 45.2 Å². The molecule has 1 spiro atoms. The number of amides is 3. The SMILES string of the molecule is COC(=O)CN1C(=O)[C@]2(CCCN2C(=O)CNC(=O)OC(C)(C)C)[C@H]1c1ccccc1. The smallest absolute Gasteiger partial charge is 0.408 e. The maximum Gasteiger partial charge on any atom is 0.408 e. The molecule has 0 saturated carbocycles. The Morgan fingerprint density at radius 3 is 2.48 bits per heavy atom. The number of alkyl carbamates (subject to hydrolysis) is 1. The molecule has 2 atom stereocenters. The van der Waals surface area contributed by atoms with Gasteiger partial charge in [0.15, 0.2) is 0 Å². The van der Waals surface area contributed by atoms with Gasteiger partial charge in [-0.2, -0.15) is 0 Å².